The van der Waals surface area contributed by atoms with E-state index in [0.29, 0.717) is 5.92 Å². The maximum atomic E-state index is 11.8. The fourth-order valence-electron chi connectivity index (χ4n) is 1.15. The summed E-state index contributed by atoms with van der Waals surface area (Å²) in [7, 11) is 0. The minimum atomic E-state index is -0.0287. The van der Waals surface area contributed by atoms with Crippen molar-refractivity contribution in [2.24, 2.45) is 5.92 Å². The molecule has 0 saturated heterocycles. The largest absolute Gasteiger partial charge is 0.342 e. The average molecular weight is 250 g/mol. The minimum absolute atomic E-state index is 0.0287. The monoisotopic (exact) mass is 249 g/mol. The second kappa shape index (κ2) is 6.41. The van der Waals surface area contributed by atoms with Crippen molar-refractivity contribution in [3.63, 3.8) is 0 Å². The summed E-state index contributed by atoms with van der Waals surface area (Å²) in [6, 6.07) is 0. The highest BCUT2D eigenvalue weighted by atomic mass is 79.9. The van der Waals surface area contributed by atoms with E-state index in [4.69, 9.17) is 0 Å². The molecule has 0 N–H and O–H groups in total. The Morgan fingerprint density at radius 2 is 1.92 bits per heavy atom. The van der Waals surface area contributed by atoms with Gasteiger partial charge in [0.05, 0.1) is 4.83 Å². The van der Waals surface area contributed by atoms with Crippen molar-refractivity contribution in [3.8, 4) is 0 Å². The lowest BCUT2D eigenvalue weighted by molar-refractivity contribution is -0.131. The van der Waals surface area contributed by atoms with E-state index >= 15 is 0 Å². The molecule has 1 atom stereocenters. The highest BCUT2D eigenvalue weighted by molar-refractivity contribution is 9.10. The Hall–Kier alpha value is -0.0500. The van der Waals surface area contributed by atoms with Crippen LogP contribution < -0.4 is 0 Å². The molecule has 0 aliphatic rings. The van der Waals surface area contributed by atoms with Gasteiger partial charge < -0.3 is 4.90 Å². The third kappa shape index (κ3) is 4.12. The van der Waals surface area contributed by atoms with Crippen LogP contribution in [0.15, 0.2) is 0 Å². The van der Waals surface area contributed by atoms with E-state index in [0.717, 1.165) is 19.5 Å². The average Bonchev–Trinajstić information content (AvgIpc) is 2.11. The van der Waals surface area contributed by atoms with Gasteiger partial charge in [-0.3, -0.25) is 4.79 Å². The first kappa shape index (κ1) is 12.9. The summed E-state index contributed by atoms with van der Waals surface area (Å²) < 4.78 is 0. The Morgan fingerprint density at radius 3 is 2.23 bits per heavy atom. The number of carbonyl (C=O) groups excluding carboxylic acids is 1. The molecule has 0 aromatic carbocycles. The van der Waals surface area contributed by atoms with Crippen LogP contribution in [0.5, 0.6) is 0 Å². The molecule has 0 saturated carbocycles. The highest BCUT2D eigenvalue weighted by Gasteiger charge is 2.22. The van der Waals surface area contributed by atoms with Gasteiger partial charge in [-0.1, -0.05) is 36.7 Å². The number of nitrogens with zero attached hydrogens (tertiary/aromatic N) is 1. The zero-order chi connectivity index (χ0) is 10.4. The molecule has 1 unspecified atom stereocenters. The van der Waals surface area contributed by atoms with Crippen LogP contribution in [-0.4, -0.2) is 28.7 Å². The van der Waals surface area contributed by atoms with E-state index in [2.05, 4.69) is 36.7 Å². The zero-order valence-electron chi connectivity index (χ0n) is 9.01. The molecule has 0 aliphatic heterocycles. The molecule has 0 rings (SSSR count). The maximum Gasteiger partial charge on any atom is 0.236 e. The second-order valence-electron chi connectivity index (χ2n) is 3.56. The van der Waals surface area contributed by atoms with Crippen molar-refractivity contribution in [3.05, 3.63) is 0 Å². The summed E-state index contributed by atoms with van der Waals surface area (Å²) in [5, 5.41) is 0. The van der Waals surface area contributed by atoms with Crippen molar-refractivity contribution in [2.45, 2.75) is 38.9 Å². The molecule has 0 aromatic rings. The molecule has 2 nitrogen and oxygen atoms in total. The van der Waals surface area contributed by atoms with Crippen LogP contribution >= 0.6 is 15.9 Å². The summed E-state index contributed by atoms with van der Waals surface area (Å²) in [5.74, 6) is 0.581. The molecule has 0 aliphatic carbocycles. The number of carbonyl (C=O) groups is 1. The number of hydrogen-bond donors (Lipinski definition) is 0. The van der Waals surface area contributed by atoms with E-state index in [1.165, 1.54) is 0 Å². The molecule has 0 bridgehead atoms. The molecule has 13 heavy (non-hydrogen) atoms. The lowest BCUT2D eigenvalue weighted by Gasteiger charge is -2.24. The van der Waals surface area contributed by atoms with Crippen molar-refractivity contribution in [1.82, 2.24) is 4.90 Å². The standard InChI is InChI=1S/C10H20BrNO/c1-5-7-12(6-2)10(13)9(11)8(3)4/h8-9H,5-7H2,1-4H3. The maximum absolute atomic E-state index is 11.8. The van der Waals surface area contributed by atoms with Gasteiger partial charge in [-0.05, 0) is 19.3 Å². The van der Waals surface area contributed by atoms with E-state index in [-0.39, 0.29) is 10.7 Å². The van der Waals surface area contributed by atoms with Crippen molar-refractivity contribution >= 4 is 21.8 Å². The van der Waals surface area contributed by atoms with Gasteiger partial charge >= 0.3 is 0 Å². The highest BCUT2D eigenvalue weighted by Crippen LogP contribution is 2.15. The summed E-state index contributed by atoms with van der Waals surface area (Å²) in [6.07, 6.45) is 1.03. The molecule has 3 heteroatoms. The lowest BCUT2D eigenvalue weighted by Crippen LogP contribution is -2.39. The smallest absolute Gasteiger partial charge is 0.236 e. The lowest BCUT2D eigenvalue weighted by atomic mass is 10.1. The molecule has 0 spiro atoms. The summed E-state index contributed by atoms with van der Waals surface area (Å²) in [4.78, 5) is 13.7. The number of hydrogen-bond acceptors (Lipinski definition) is 1. The van der Waals surface area contributed by atoms with Crippen LogP contribution in [0.4, 0.5) is 0 Å². The van der Waals surface area contributed by atoms with Crippen molar-refractivity contribution in [2.75, 3.05) is 13.1 Å². The predicted molar refractivity (Wildman–Crippen MR) is 60.1 cm³/mol. The van der Waals surface area contributed by atoms with Gasteiger partial charge in [0.15, 0.2) is 0 Å². The third-order valence-electron chi connectivity index (χ3n) is 2.01. The van der Waals surface area contributed by atoms with E-state index in [9.17, 15) is 4.79 Å². The Bertz CT molecular complexity index is 159. The number of amides is 1. The molecule has 1 amide bonds. The molecule has 0 radical (unpaired) electrons. The zero-order valence-corrected chi connectivity index (χ0v) is 10.6. The van der Waals surface area contributed by atoms with Crippen LogP contribution in [0.3, 0.4) is 0 Å². The van der Waals surface area contributed by atoms with Gasteiger partial charge in [-0.15, -0.1) is 0 Å². The number of halogens is 1. The van der Waals surface area contributed by atoms with Gasteiger partial charge in [0.2, 0.25) is 5.91 Å². The topological polar surface area (TPSA) is 20.3 Å². The SMILES string of the molecule is CCCN(CC)C(=O)C(Br)C(C)C. The van der Waals surface area contributed by atoms with Crippen LogP contribution in [0, 0.1) is 5.92 Å². The van der Waals surface area contributed by atoms with E-state index in [1.807, 2.05) is 11.8 Å². The van der Waals surface area contributed by atoms with Crippen LogP contribution in [0.1, 0.15) is 34.1 Å². The number of alkyl halides is 1. The van der Waals surface area contributed by atoms with Crippen LogP contribution in [-0.2, 0) is 4.79 Å². The van der Waals surface area contributed by atoms with Crippen LogP contribution in [0.25, 0.3) is 0 Å². The Morgan fingerprint density at radius 1 is 1.38 bits per heavy atom. The molecule has 0 fully saturated rings. The summed E-state index contributed by atoms with van der Waals surface area (Å²) >= 11 is 3.43. The molecule has 0 heterocycles. The molecule has 78 valence electrons. The number of rotatable bonds is 5. The van der Waals surface area contributed by atoms with Crippen molar-refractivity contribution in [1.29, 1.82) is 0 Å². The summed E-state index contributed by atoms with van der Waals surface area (Å²) in [5.41, 5.74) is 0. The predicted octanol–water partition coefficient (Wildman–Crippen LogP) is 2.66. The van der Waals surface area contributed by atoms with Gasteiger partial charge in [-0.25, -0.2) is 0 Å². The fourth-order valence-corrected chi connectivity index (χ4v) is 1.44. The van der Waals surface area contributed by atoms with Crippen LogP contribution in [0.2, 0.25) is 0 Å². The second-order valence-corrected chi connectivity index (χ2v) is 4.55. The Balaban J connectivity index is 4.19. The third-order valence-corrected chi connectivity index (χ3v) is 3.46. The van der Waals surface area contributed by atoms with Gasteiger partial charge in [0.1, 0.15) is 0 Å². The summed E-state index contributed by atoms with van der Waals surface area (Å²) in [6.45, 7) is 9.89. The van der Waals surface area contributed by atoms with Gasteiger partial charge in [0, 0.05) is 13.1 Å². The normalized spacial score (nSPS) is 13.1. The van der Waals surface area contributed by atoms with Gasteiger partial charge in [-0.2, -0.15) is 0 Å². The minimum Gasteiger partial charge on any atom is -0.342 e. The Labute approximate surface area is 89.8 Å². The first-order chi connectivity index (χ1) is 6.04. The van der Waals surface area contributed by atoms with Gasteiger partial charge in [0.25, 0.3) is 0 Å². The van der Waals surface area contributed by atoms with Crippen molar-refractivity contribution < 1.29 is 4.79 Å². The fraction of sp³-hybridized carbons (Fsp3) is 0.900. The van der Waals surface area contributed by atoms with E-state index in [1.54, 1.807) is 0 Å². The molecular formula is C10H20BrNO. The first-order valence-electron chi connectivity index (χ1n) is 4.97. The molecule has 0 aromatic heterocycles. The Kier molecular flexibility index (Phi) is 6.39. The van der Waals surface area contributed by atoms with E-state index < -0.39 is 0 Å². The quantitative estimate of drug-likeness (QED) is 0.687. The molecular weight excluding hydrogens is 230 g/mol. The first-order valence-corrected chi connectivity index (χ1v) is 5.89.